The average Bonchev–Trinajstić information content (AvgIpc) is 2.23. The number of para-hydroxylation sites is 1. The molecule has 0 saturated heterocycles. The van der Waals surface area contributed by atoms with E-state index in [1.165, 1.54) is 0 Å². The number of hydrogen-bond acceptors (Lipinski definition) is 1. The van der Waals surface area contributed by atoms with Crippen LogP contribution in [-0.2, 0) is 7.05 Å². The lowest BCUT2D eigenvalue weighted by Crippen LogP contribution is -3.00. The molecule has 0 amide bonds. The van der Waals surface area contributed by atoms with Gasteiger partial charge in [-0.2, -0.15) is 0 Å². The van der Waals surface area contributed by atoms with E-state index in [0.29, 0.717) is 0 Å². The van der Waals surface area contributed by atoms with Gasteiger partial charge in [0.2, 0.25) is 0 Å². The third-order valence-corrected chi connectivity index (χ3v) is 1.93. The maximum absolute atomic E-state index is 5.62. The summed E-state index contributed by atoms with van der Waals surface area (Å²) in [7, 11) is 1.98. The zero-order chi connectivity index (χ0) is 9.80. The Bertz CT molecular complexity index is 400. The minimum atomic E-state index is 0. The van der Waals surface area contributed by atoms with Crippen LogP contribution in [0, 0.1) is 0 Å². The number of benzene rings is 1. The van der Waals surface area contributed by atoms with E-state index in [0.717, 1.165) is 11.5 Å². The lowest BCUT2D eigenvalue weighted by molar-refractivity contribution is -0.671. The molecule has 2 aromatic rings. The summed E-state index contributed by atoms with van der Waals surface area (Å²) in [6.07, 6.45) is 3.91. The number of nitrogens with zero attached hydrogens (tertiary/aromatic N) is 1. The maximum Gasteiger partial charge on any atom is 0.172 e. The van der Waals surface area contributed by atoms with Crippen molar-refractivity contribution in [3.05, 3.63) is 54.9 Å². The molecule has 0 saturated carbocycles. The Morgan fingerprint density at radius 3 is 2.00 bits per heavy atom. The van der Waals surface area contributed by atoms with Gasteiger partial charge in [0.1, 0.15) is 18.5 Å². The summed E-state index contributed by atoms with van der Waals surface area (Å²) in [5.74, 6) is 1.72. The highest BCUT2D eigenvalue weighted by Gasteiger charge is 1.97. The minimum absolute atomic E-state index is 0. The summed E-state index contributed by atoms with van der Waals surface area (Å²) in [5.41, 5.74) is 0. The Balaban J connectivity index is 0.00000112. The first-order valence-corrected chi connectivity index (χ1v) is 4.53. The van der Waals surface area contributed by atoms with E-state index in [4.69, 9.17) is 4.74 Å². The zero-order valence-electron chi connectivity index (χ0n) is 8.43. The van der Waals surface area contributed by atoms with E-state index < -0.39 is 0 Å². The number of rotatable bonds is 2. The minimum Gasteiger partial charge on any atom is -1.00 e. The molecule has 0 radical (unpaired) electrons. The van der Waals surface area contributed by atoms with Gasteiger partial charge in [-0.15, -0.1) is 0 Å². The molecule has 0 N–H and O–H groups in total. The summed E-state index contributed by atoms with van der Waals surface area (Å²) in [6.45, 7) is 0. The lowest BCUT2D eigenvalue weighted by atomic mass is 10.3. The SMILES string of the molecule is C[n+]1ccc(Oc2ccccc2)cc1.[I-]. The van der Waals surface area contributed by atoms with Gasteiger partial charge in [0.05, 0.1) is 0 Å². The summed E-state index contributed by atoms with van der Waals surface area (Å²) in [4.78, 5) is 0. The second kappa shape index (κ2) is 5.70. The molecular weight excluding hydrogens is 301 g/mol. The van der Waals surface area contributed by atoms with Crippen molar-refractivity contribution in [2.45, 2.75) is 0 Å². The molecule has 78 valence electrons. The smallest absolute Gasteiger partial charge is 0.172 e. The molecular formula is C12H12INO. The lowest BCUT2D eigenvalue weighted by Gasteiger charge is -2.03. The van der Waals surface area contributed by atoms with E-state index in [9.17, 15) is 0 Å². The number of pyridine rings is 1. The number of ether oxygens (including phenoxy) is 1. The third-order valence-electron chi connectivity index (χ3n) is 1.93. The summed E-state index contributed by atoms with van der Waals surface area (Å²) in [5, 5.41) is 0. The van der Waals surface area contributed by atoms with Crippen LogP contribution in [0.2, 0.25) is 0 Å². The second-order valence-electron chi connectivity index (χ2n) is 3.11. The molecule has 0 spiro atoms. The topological polar surface area (TPSA) is 13.1 Å². The molecule has 2 nitrogen and oxygen atoms in total. The van der Waals surface area contributed by atoms with Gasteiger partial charge in [-0.3, -0.25) is 0 Å². The number of hydrogen-bond donors (Lipinski definition) is 0. The van der Waals surface area contributed by atoms with Gasteiger partial charge < -0.3 is 28.7 Å². The van der Waals surface area contributed by atoms with Gasteiger partial charge >= 0.3 is 0 Å². The molecule has 1 heterocycles. The van der Waals surface area contributed by atoms with Crippen molar-refractivity contribution < 1.29 is 33.3 Å². The molecule has 0 aliphatic carbocycles. The van der Waals surface area contributed by atoms with E-state index in [2.05, 4.69) is 0 Å². The van der Waals surface area contributed by atoms with Crippen molar-refractivity contribution in [3.63, 3.8) is 0 Å². The predicted octanol–water partition coefficient (Wildman–Crippen LogP) is -0.693. The molecule has 0 aliphatic rings. The molecule has 0 unspecified atom stereocenters. The Kier molecular flexibility index (Phi) is 4.55. The van der Waals surface area contributed by atoms with Crippen molar-refractivity contribution in [1.82, 2.24) is 0 Å². The monoisotopic (exact) mass is 313 g/mol. The molecule has 0 atom stereocenters. The van der Waals surface area contributed by atoms with Gasteiger partial charge in [0, 0.05) is 12.1 Å². The molecule has 15 heavy (non-hydrogen) atoms. The molecule has 0 bridgehead atoms. The molecule has 3 heteroatoms. The fourth-order valence-electron chi connectivity index (χ4n) is 1.18. The van der Waals surface area contributed by atoms with E-state index in [-0.39, 0.29) is 24.0 Å². The van der Waals surface area contributed by atoms with Crippen molar-refractivity contribution in [2.75, 3.05) is 0 Å². The van der Waals surface area contributed by atoms with Gasteiger partial charge in [-0.05, 0) is 12.1 Å². The zero-order valence-corrected chi connectivity index (χ0v) is 10.6. The van der Waals surface area contributed by atoms with Crippen LogP contribution in [-0.4, -0.2) is 0 Å². The third kappa shape index (κ3) is 3.51. The molecule has 0 fully saturated rings. The van der Waals surface area contributed by atoms with Crippen molar-refractivity contribution in [3.8, 4) is 11.5 Å². The Morgan fingerprint density at radius 1 is 0.867 bits per heavy atom. The number of aryl methyl sites for hydroxylation is 1. The highest BCUT2D eigenvalue weighted by atomic mass is 127. The van der Waals surface area contributed by atoms with Crippen LogP contribution in [0.1, 0.15) is 0 Å². The molecule has 1 aromatic heterocycles. The fourth-order valence-corrected chi connectivity index (χ4v) is 1.18. The van der Waals surface area contributed by atoms with Crippen molar-refractivity contribution in [1.29, 1.82) is 0 Å². The quantitative estimate of drug-likeness (QED) is 0.528. The molecule has 2 rings (SSSR count). The first-order valence-electron chi connectivity index (χ1n) is 4.53. The van der Waals surface area contributed by atoms with Crippen molar-refractivity contribution >= 4 is 0 Å². The standard InChI is InChI=1S/C12H12NO.HI/c1-13-9-7-12(8-10-13)14-11-5-3-2-4-6-11;/h2-10H,1H3;1H/q+1;/p-1. The van der Waals surface area contributed by atoms with Gasteiger partial charge in [-0.1, -0.05) is 18.2 Å². The first-order chi connectivity index (χ1) is 6.84. The van der Waals surface area contributed by atoms with Gasteiger partial charge in [0.25, 0.3) is 0 Å². The Morgan fingerprint density at radius 2 is 1.40 bits per heavy atom. The normalized spacial score (nSPS) is 9.13. The number of aromatic nitrogens is 1. The highest BCUT2D eigenvalue weighted by molar-refractivity contribution is 5.28. The van der Waals surface area contributed by atoms with E-state index in [1.54, 1.807) is 0 Å². The summed E-state index contributed by atoms with van der Waals surface area (Å²) >= 11 is 0. The predicted molar refractivity (Wildman–Crippen MR) is 54.1 cm³/mol. The Hall–Kier alpha value is -1.10. The summed E-state index contributed by atoms with van der Waals surface area (Å²) in [6, 6.07) is 13.6. The van der Waals surface area contributed by atoms with Crippen LogP contribution >= 0.6 is 0 Å². The highest BCUT2D eigenvalue weighted by Crippen LogP contribution is 2.18. The average molecular weight is 313 g/mol. The van der Waals surface area contributed by atoms with Gasteiger partial charge in [-0.25, -0.2) is 4.57 Å². The number of halogens is 1. The van der Waals surface area contributed by atoms with Crippen LogP contribution in [0.15, 0.2) is 54.9 Å². The molecule has 0 aliphatic heterocycles. The maximum atomic E-state index is 5.62. The van der Waals surface area contributed by atoms with Gasteiger partial charge in [0.15, 0.2) is 12.4 Å². The fraction of sp³-hybridized carbons (Fsp3) is 0.0833. The van der Waals surface area contributed by atoms with Crippen LogP contribution in [0.3, 0.4) is 0 Å². The first kappa shape index (κ1) is 12.0. The van der Waals surface area contributed by atoms with Crippen LogP contribution in [0.4, 0.5) is 0 Å². The Labute approximate surface area is 107 Å². The van der Waals surface area contributed by atoms with Crippen LogP contribution in [0.5, 0.6) is 11.5 Å². The second-order valence-corrected chi connectivity index (χ2v) is 3.11. The largest absolute Gasteiger partial charge is 1.00 e. The molecule has 1 aromatic carbocycles. The van der Waals surface area contributed by atoms with Crippen LogP contribution in [0.25, 0.3) is 0 Å². The summed E-state index contributed by atoms with van der Waals surface area (Å²) < 4.78 is 7.59. The van der Waals surface area contributed by atoms with E-state index in [1.807, 2.05) is 66.5 Å². The van der Waals surface area contributed by atoms with Crippen LogP contribution < -0.4 is 33.3 Å². The van der Waals surface area contributed by atoms with E-state index >= 15 is 0 Å². The van der Waals surface area contributed by atoms with Crippen molar-refractivity contribution in [2.24, 2.45) is 7.05 Å².